The van der Waals surface area contributed by atoms with Crippen molar-refractivity contribution in [3.8, 4) is 0 Å². The van der Waals surface area contributed by atoms with Crippen molar-refractivity contribution >= 4 is 5.91 Å². The Balaban J connectivity index is 1.99. The summed E-state index contributed by atoms with van der Waals surface area (Å²) in [5.41, 5.74) is 6.83. The third-order valence-electron chi connectivity index (χ3n) is 3.48. The van der Waals surface area contributed by atoms with Gasteiger partial charge in [-0.15, -0.1) is 0 Å². The molecule has 0 bridgehead atoms. The van der Waals surface area contributed by atoms with Crippen molar-refractivity contribution in [1.29, 1.82) is 0 Å². The molecule has 1 aromatic rings. The quantitative estimate of drug-likeness (QED) is 0.837. The highest BCUT2D eigenvalue weighted by atomic mass is 16.2. The van der Waals surface area contributed by atoms with Gasteiger partial charge in [-0.3, -0.25) is 4.79 Å². The number of benzene rings is 1. The highest BCUT2D eigenvalue weighted by Crippen LogP contribution is 2.10. The van der Waals surface area contributed by atoms with Gasteiger partial charge in [0.25, 0.3) is 0 Å². The van der Waals surface area contributed by atoms with E-state index in [2.05, 4.69) is 11.9 Å². The second-order valence-corrected chi connectivity index (χ2v) is 4.90. The summed E-state index contributed by atoms with van der Waals surface area (Å²) >= 11 is 0. The molecule has 1 saturated heterocycles. The summed E-state index contributed by atoms with van der Waals surface area (Å²) in [6.45, 7) is 3.11. The van der Waals surface area contributed by atoms with Crippen molar-refractivity contribution in [2.24, 2.45) is 5.73 Å². The lowest BCUT2D eigenvalue weighted by Crippen LogP contribution is -2.57. The molecule has 4 nitrogen and oxygen atoms in total. The lowest BCUT2D eigenvalue weighted by Gasteiger charge is -2.39. The molecule has 1 atom stereocenters. The summed E-state index contributed by atoms with van der Waals surface area (Å²) in [6, 6.07) is 10.0. The van der Waals surface area contributed by atoms with Crippen LogP contribution < -0.4 is 5.73 Å². The maximum absolute atomic E-state index is 12.3. The molecule has 1 aliphatic heterocycles. The lowest BCUT2D eigenvalue weighted by molar-refractivity contribution is -0.134. The van der Waals surface area contributed by atoms with E-state index in [1.54, 1.807) is 0 Å². The van der Waals surface area contributed by atoms with Crippen LogP contribution in [0.15, 0.2) is 30.3 Å². The Kier molecular flexibility index (Phi) is 4.33. The number of amides is 1. The Morgan fingerprint density at radius 3 is 2.72 bits per heavy atom. The Hall–Kier alpha value is -1.39. The van der Waals surface area contributed by atoms with Crippen molar-refractivity contribution < 1.29 is 4.79 Å². The predicted molar refractivity (Wildman–Crippen MR) is 72.2 cm³/mol. The van der Waals surface area contributed by atoms with Gasteiger partial charge in [-0.1, -0.05) is 30.3 Å². The van der Waals surface area contributed by atoms with E-state index in [9.17, 15) is 4.79 Å². The van der Waals surface area contributed by atoms with Gasteiger partial charge in [0.1, 0.15) is 0 Å². The zero-order chi connectivity index (χ0) is 13.0. The zero-order valence-corrected chi connectivity index (χ0v) is 10.9. The summed E-state index contributed by atoms with van der Waals surface area (Å²) in [6.07, 6.45) is 0.473. The molecule has 2 N–H and O–H groups in total. The third kappa shape index (κ3) is 3.09. The van der Waals surface area contributed by atoms with Gasteiger partial charge in [0.05, 0.1) is 12.5 Å². The normalized spacial score (nSPS) is 21.0. The van der Waals surface area contributed by atoms with Gasteiger partial charge in [-0.2, -0.15) is 0 Å². The van der Waals surface area contributed by atoms with Crippen molar-refractivity contribution in [3.05, 3.63) is 35.9 Å². The fourth-order valence-electron chi connectivity index (χ4n) is 2.41. The van der Waals surface area contributed by atoms with E-state index in [0.717, 1.165) is 25.2 Å². The summed E-state index contributed by atoms with van der Waals surface area (Å²) in [7, 11) is 2.07. The van der Waals surface area contributed by atoms with Gasteiger partial charge in [0.15, 0.2) is 0 Å². The molecule has 1 amide bonds. The second-order valence-electron chi connectivity index (χ2n) is 4.90. The molecular weight excluding hydrogens is 226 g/mol. The molecule has 0 aliphatic carbocycles. The van der Waals surface area contributed by atoms with Gasteiger partial charge in [-0.25, -0.2) is 0 Å². The third-order valence-corrected chi connectivity index (χ3v) is 3.48. The highest BCUT2D eigenvalue weighted by Gasteiger charge is 2.27. The first-order valence-electron chi connectivity index (χ1n) is 6.42. The first-order valence-corrected chi connectivity index (χ1v) is 6.42. The Morgan fingerprint density at radius 1 is 1.33 bits per heavy atom. The predicted octanol–water partition coefficient (Wildman–Crippen LogP) is 0.330. The molecule has 1 unspecified atom stereocenters. The van der Waals surface area contributed by atoms with Crippen LogP contribution in [0.4, 0.5) is 0 Å². The standard InChI is InChI=1S/C14H21N3O/c1-16-7-8-17(13(10-15)11-16)14(18)9-12-5-3-2-4-6-12/h2-6,13H,7-11,15H2,1H3. The number of likely N-dealkylation sites (N-methyl/N-ethyl adjacent to an activating group) is 1. The van der Waals surface area contributed by atoms with Gasteiger partial charge in [-0.05, 0) is 12.6 Å². The molecule has 98 valence electrons. The molecule has 0 saturated carbocycles. The van der Waals surface area contributed by atoms with Gasteiger partial charge >= 0.3 is 0 Å². The molecule has 1 fully saturated rings. The molecule has 0 radical (unpaired) electrons. The minimum atomic E-state index is 0.153. The summed E-state index contributed by atoms with van der Waals surface area (Å²) < 4.78 is 0. The van der Waals surface area contributed by atoms with E-state index in [1.165, 1.54) is 0 Å². The van der Waals surface area contributed by atoms with Crippen LogP contribution in [0.5, 0.6) is 0 Å². The molecule has 1 heterocycles. The van der Waals surface area contributed by atoms with Crippen LogP contribution in [0.3, 0.4) is 0 Å². The van der Waals surface area contributed by atoms with Crippen molar-refractivity contribution in [2.75, 3.05) is 33.2 Å². The van der Waals surface area contributed by atoms with E-state index in [1.807, 2.05) is 35.2 Å². The van der Waals surface area contributed by atoms with Crippen LogP contribution in [0.1, 0.15) is 5.56 Å². The SMILES string of the molecule is CN1CCN(C(=O)Cc2ccccc2)C(CN)C1. The molecular formula is C14H21N3O. The van der Waals surface area contributed by atoms with E-state index >= 15 is 0 Å². The number of hydrogen-bond acceptors (Lipinski definition) is 3. The number of hydrogen-bond donors (Lipinski definition) is 1. The molecule has 1 aromatic carbocycles. The number of carbonyl (C=O) groups excluding carboxylic acids is 1. The lowest BCUT2D eigenvalue weighted by atomic mass is 10.1. The van der Waals surface area contributed by atoms with Crippen LogP contribution in [-0.4, -0.2) is 55.0 Å². The van der Waals surface area contributed by atoms with Crippen LogP contribution in [-0.2, 0) is 11.2 Å². The van der Waals surface area contributed by atoms with E-state index < -0.39 is 0 Å². The number of rotatable bonds is 3. The van der Waals surface area contributed by atoms with Crippen molar-refractivity contribution in [1.82, 2.24) is 9.80 Å². The first-order chi connectivity index (χ1) is 8.70. The maximum Gasteiger partial charge on any atom is 0.227 e. The number of carbonyl (C=O) groups is 1. The molecule has 0 aromatic heterocycles. The van der Waals surface area contributed by atoms with Crippen LogP contribution >= 0.6 is 0 Å². The average molecular weight is 247 g/mol. The number of nitrogens with zero attached hydrogens (tertiary/aromatic N) is 2. The smallest absolute Gasteiger partial charge is 0.227 e. The van der Waals surface area contributed by atoms with Crippen molar-refractivity contribution in [2.45, 2.75) is 12.5 Å². The molecule has 1 aliphatic rings. The van der Waals surface area contributed by atoms with E-state index in [-0.39, 0.29) is 11.9 Å². The second kappa shape index (κ2) is 5.98. The topological polar surface area (TPSA) is 49.6 Å². The minimum Gasteiger partial charge on any atom is -0.336 e. The monoisotopic (exact) mass is 247 g/mol. The maximum atomic E-state index is 12.3. The van der Waals surface area contributed by atoms with Crippen LogP contribution in [0.2, 0.25) is 0 Å². The Bertz CT molecular complexity index is 393. The van der Waals surface area contributed by atoms with E-state index in [4.69, 9.17) is 5.73 Å². The highest BCUT2D eigenvalue weighted by molar-refractivity contribution is 5.79. The van der Waals surface area contributed by atoms with Crippen LogP contribution in [0, 0.1) is 0 Å². The summed E-state index contributed by atoms with van der Waals surface area (Å²) in [4.78, 5) is 16.5. The van der Waals surface area contributed by atoms with Gasteiger partial charge in [0.2, 0.25) is 5.91 Å². The molecule has 18 heavy (non-hydrogen) atoms. The summed E-state index contributed by atoms with van der Waals surface area (Å²) in [5.74, 6) is 0.185. The molecule has 4 heteroatoms. The van der Waals surface area contributed by atoms with Crippen molar-refractivity contribution in [3.63, 3.8) is 0 Å². The van der Waals surface area contributed by atoms with Gasteiger partial charge < -0.3 is 15.5 Å². The summed E-state index contributed by atoms with van der Waals surface area (Å²) in [5, 5.41) is 0. The molecule has 2 rings (SSSR count). The largest absolute Gasteiger partial charge is 0.336 e. The first kappa shape index (κ1) is 13.1. The number of piperazine rings is 1. The molecule has 0 spiro atoms. The van der Waals surface area contributed by atoms with Crippen LogP contribution in [0.25, 0.3) is 0 Å². The zero-order valence-electron chi connectivity index (χ0n) is 10.9. The Morgan fingerprint density at radius 2 is 2.06 bits per heavy atom. The van der Waals surface area contributed by atoms with Gasteiger partial charge in [0, 0.05) is 26.2 Å². The fraction of sp³-hybridized carbons (Fsp3) is 0.500. The average Bonchev–Trinajstić information content (AvgIpc) is 2.39. The fourth-order valence-corrected chi connectivity index (χ4v) is 2.41. The minimum absolute atomic E-state index is 0.153. The number of nitrogens with two attached hydrogens (primary N) is 1. The van der Waals surface area contributed by atoms with E-state index in [0.29, 0.717) is 13.0 Å². The Labute approximate surface area is 108 Å².